The lowest BCUT2D eigenvalue weighted by Crippen LogP contribution is -2.38. The Bertz CT molecular complexity index is 818. The summed E-state index contributed by atoms with van der Waals surface area (Å²) >= 11 is 0. The van der Waals surface area contributed by atoms with Crippen LogP contribution < -0.4 is 10.6 Å². The highest BCUT2D eigenvalue weighted by molar-refractivity contribution is 5.80. The van der Waals surface area contributed by atoms with Gasteiger partial charge < -0.3 is 20.1 Å². The molecular weight excluding hydrogens is 366 g/mol. The molecule has 0 fully saturated rings. The number of hydrogen-bond acceptors (Lipinski definition) is 4. The number of carbonyl (C=O) groups excluding carboxylic acids is 1. The van der Waals surface area contributed by atoms with Crippen LogP contribution in [0.5, 0.6) is 0 Å². The SMILES string of the molecule is CCNC(=NCc1cc(C(C)C)no1)NCCCC(=O)N1Cc2ccccc2C1. The van der Waals surface area contributed by atoms with Crippen LogP contribution in [-0.2, 0) is 24.4 Å². The summed E-state index contributed by atoms with van der Waals surface area (Å²) in [6, 6.07) is 10.2. The fourth-order valence-electron chi connectivity index (χ4n) is 3.29. The molecule has 1 aromatic heterocycles. The van der Waals surface area contributed by atoms with E-state index in [4.69, 9.17) is 4.52 Å². The Balaban J connectivity index is 1.41. The lowest BCUT2D eigenvalue weighted by Gasteiger charge is -2.16. The Kier molecular flexibility index (Phi) is 7.27. The Labute approximate surface area is 172 Å². The minimum absolute atomic E-state index is 0.202. The predicted octanol–water partition coefficient (Wildman–Crippen LogP) is 3.18. The summed E-state index contributed by atoms with van der Waals surface area (Å²) in [6.07, 6.45) is 1.29. The van der Waals surface area contributed by atoms with E-state index in [-0.39, 0.29) is 5.91 Å². The van der Waals surface area contributed by atoms with Gasteiger partial charge in [0.05, 0.1) is 5.69 Å². The summed E-state index contributed by atoms with van der Waals surface area (Å²) < 4.78 is 5.33. The molecule has 1 amide bonds. The predicted molar refractivity (Wildman–Crippen MR) is 113 cm³/mol. The molecule has 0 spiro atoms. The van der Waals surface area contributed by atoms with Crippen LogP contribution >= 0.6 is 0 Å². The molecule has 0 unspecified atom stereocenters. The van der Waals surface area contributed by atoms with Crippen LogP contribution in [-0.4, -0.2) is 35.0 Å². The quantitative estimate of drug-likeness (QED) is 0.406. The molecule has 156 valence electrons. The molecule has 2 N–H and O–H groups in total. The van der Waals surface area contributed by atoms with Crippen molar-refractivity contribution in [1.82, 2.24) is 20.7 Å². The van der Waals surface area contributed by atoms with Gasteiger partial charge in [-0.25, -0.2) is 4.99 Å². The molecule has 1 aliphatic rings. The summed E-state index contributed by atoms with van der Waals surface area (Å²) in [5.74, 6) is 2.00. The second kappa shape index (κ2) is 10.1. The van der Waals surface area contributed by atoms with Crippen LogP contribution in [0.1, 0.15) is 62.1 Å². The number of fused-ring (bicyclic) bond motifs is 1. The van der Waals surface area contributed by atoms with E-state index in [1.54, 1.807) is 0 Å². The molecule has 0 radical (unpaired) electrons. The Morgan fingerprint density at radius 2 is 1.97 bits per heavy atom. The molecule has 1 aliphatic heterocycles. The summed E-state index contributed by atoms with van der Waals surface area (Å²) in [6.45, 7) is 9.52. The molecule has 2 heterocycles. The van der Waals surface area contributed by atoms with E-state index in [1.807, 2.05) is 30.0 Å². The maximum Gasteiger partial charge on any atom is 0.223 e. The van der Waals surface area contributed by atoms with Gasteiger partial charge in [-0.3, -0.25) is 4.79 Å². The maximum absolute atomic E-state index is 12.5. The molecule has 3 rings (SSSR count). The van der Waals surface area contributed by atoms with Gasteiger partial charge in [-0.05, 0) is 30.4 Å². The fourth-order valence-corrected chi connectivity index (χ4v) is 3.29. The van der Waals surface area contributed by atoms with E-state index in [9.17, 15) is 4.79 Å². The zero-order chi connectivity index (χ0) is 20.6. The molecule has 29 heavy (non-hydrogen) atoms. The monoisotopic (exact) mass is 397 g/mol. The van der Waals surface area contributed by atoms with Crippen LogP contribution in [0, 0.1) is 0 Å². The van der Waals surface area contributed by atoms with Gasteiger partial charge in [0.2, 0.25) is 5.91 Å². The van der Waals surface area contributed by atoms with E-state index in [1.165, 1.54) is 11.1 Å². The van der Waals surface area contributed by atoms with Gasteiger partial charge in [0.15, 0.2) is 11.7 Å². The highest BCUT2D eigenvalue weighted by Crippen LogP contribution is 2.22. The van der Waals surface area contributed by atoms with Crippen molar-refractivity contribution >= 4 is 11.9 Å². The topological polar surface area (TPSA) is 82.8 Å². The molecule has 7 nitrogen and oxygen atoms in total. The zero-order valence-corrected chi connectivity index (χ0v) is 17.6. The summed E-state index contributed by atoms with van der Waals surface area (Å²) in [4.78, 5) is 19.0. The van der Waals surface area contributed by atoms with Crippen LogP contribution in [0.4, 0.5) is 0 Å². The highest BCUT2D eigenvalue weighted by atomic mass is 16.5. The minimum atomic E-state index is 0.202. The van der Waals surface area contributed by atoms with Gasteiger partial charge in [0.25, 0.3) is 0 Å². The summed E-state index contributed by atoms with van der Waals surface area (Å²) in [7, 11) is 0. The van der Waals surface area contributed by atoms with Crippen molar-refractivity contribution < 1.29 is 9.32 Å². The van der Waals surface area contributed by atoms with Crippen molar-refractivity contribution in [2.75, 3.05) is 13.1 Å². The minimum Gasteiger partial charge on any atom is -0.359 e. The third-order valence-corrected chi connectivity index (χ3v) is 4.96. The molecule has 0 bridgehead atoms. The number of nitrogens with one attached hydrogen (secondary N) is 2. The van der Waals surface area contributed by atoms with Gasteiger partial charge >= 0.3 is 0 Å². The third kappa shape index (κ3) is 5.82. The standard InChI is InChI=1S/C22H31N5O2/c1-4-23-22(25-13-19-12-20(16(2)3)26-29-19)24-11-7-10-21(28)27-14-17-8-5-6-9-18(17)15-27/h5-6,8-9,12,16H,4,7,10-11,13-15H2,1-3H3,(H2,23,24,25). The number of guanidine groups is 1. The van der Waals surface area contributed by atoms with E-state index in [0.717, 1.165) is 43.5 Å². The fraction of sp³-hybridized carbons (Fsp3) is 0.500. The van der Waals surface area contributed by atoms with Gasteiger partial charge in [-0.15, -0.1) is 0 Å². The number of aromatic nitrogens is 1. The number of carbonyl (C=O) groups is 1. The molecule has 2 aromatic rings. The second-order valence-electron chi connectivity index (χ2n) is 7.62. The normalized spacial score (nSPS) is 13.7. The molecule has 0 atom stereocenters. The molecule has 0 aliphatic carbocycles. The first-order valence-corrected chi connectivity index (χ1v) is 10.4. The average Bonchev–Trinajstić information content (AvgIpc) is 3.36. The highest BCUT2D eigenvalue weighted by Gasteiger charge is 2.22. The second-order valence-corrected chi connectivity index (χ2v) is 7.62. The van der Waals surface area contributed by atoms with Crippen molar-refractivity contribution in [3.05, 3.63) is 52.9 Å². The smallest absolute Gasteiger partial charge is 0.223 e. The first-order valence-electron chi connectivity index (χ1n) is 10.4. The number of hydrogen-bond donors (Lipinski definition) is 2. The number of aliphatic imine (C=N–C) groups is 1. The molecule has 0 saturated heterocycles. The number of benzene rings is 1. The third-order valence-electron chi connectivity index (χ3n) is 4.96. The largest absolute Gasteiger partial charge is 0.359 e. The first-order chi connectivity index (χ1) is 14.1. The van der Waals surface area contributed by atoms with E-state index < -0.39 is 0 Å². The average molecular weight is 398 g/mol. The van der Waals surface area contributed by atoms with E-state index in [2.05, 4.69) is 46.8 Å². The Morgan fingerprint density at radius 3 is 2.59 bits per heavy atom. The lowest BCUT2D eigenvalue weighted by atomic mass is 10.1. The number of rotatable bonds is 8. The van der Waals surface area contributed by atoms with Crippen molar-refractivity contribution in [2.45, 2.75) is 59.2 Å². The van der Waals surface area contributed by atoms with Crippen molar-refractivity contribution in [2.24, 2.45) is 4.99 Å². The van der Waals surface area contributed by atoms with Gasteiger partial charge in [0, 0.05) is 38.7 Å². The van der Waals surface area contributed by atoms with Gasteiger partial charge in [0.1, 0.15) is 6.54 Å². The van der Waals surface area contributed by atoms with Crippen LogP contribution in [0.3, 0.4) is 0 Å². The van der Waals surface area contributed by atoms with Gasteiger partial charge in [-0.1, -0.05) is 43.3 Å². The molecular formula is C22H31N5O2. The molecule has 1 aromatic carbocycles. The van der Waals surface area contributed by atoms with Gasteiger partial charge in [-0.2, -0.15) is 0 Å². The zero-order valence-electron chi connectivity index (χ0n) is 17.6. The van der Waals surface area contributed by atoms with Crippen molar-refractivity contribution in [3.8, 4) is 0 Å². The van der Waals surface area contributed by atoms with Crippen LogP contribution in [0.25, 0.3) is 0 Å². The molecule has 7 heteroatoms. The lowest BCUT2D eigenvalue weighted by molar-refractivity contribution is -0.131. The van der Waals surface area contributed by atoms with E-state index in [0.29, 0.717) is 25.4 Å². The van der Waals surface area contributed by atoms with Crippen LogP contribution in [0.15, 0.2) is 39.8 Å². The number of amides is 1. The number of nitrogens with zero attached hydrogens (tertiary/aromatic N) is 3. The van der Waals surface area contributed by atoms with Crippen molar-refractivity contribution in [3.63, 3.8) is 0 Å². The maximum atomic E-state index is 12.5. The summed E-state index contributed by atoms with van der Waals surface area (Å²) in [5, 5.41) is 10.6. The Hall–Kier alpha value is -2.83. The molecule has 0 saturated carbocycles. The first kappa shape index (κ1) is 20.9. The van der Waals surface area contributed by atoms with E-state index >= 15 is 0 Å². The van der Waals surface area contributed by atoms with Crippen molar-refractivity contribution in [1.29, 1.82) is 0 Å². The Morgan fingerprint density at radius 1 is 1.24 bits per heavy atom. The van der Waals surface area contributed by atoms with Crippen LogP contribution in [0.2, 0.25) is 0 Å². The summed E-state index contributed by atoms with van der Waals surface area (Å²) in [5.41, 5.74) is 3.46.